The van der Waals surface area contributed by atoms with Crippen LogP contribution in [0.15, 0.2) is 24.3 Å². The quantitative estimate of drug-likeness (QED) is 0.743. The van der Waals surface area contributed by atoms with Gasteiger partial charge in [0, 0.05) is 37.6 Å². The zero-order valence-electron chi connectivity index (χ0n) is 17.2. The van der Waals surface area contributed by atoms with Gasteiger partial charge in [-0.2, -0.15) is 0 Å². The Bertz CT molecular complexity index is 956. The third-order valence-electron chi connectivity index (χ3n) is 5.73. The fraction of sp³-hybridized carbons (Fsp3) is 0.455. The van der Waals surface area contributed by atoms with E-state index in [2.05, 4.69) is 9.88 Å². The van der Waals surface area contributed by atoms with Crippen LogP contribution in [0, 0.1) is 6.92 Å². The van der Waals surface area contributed by atoms with E-state index in [1.54, 1.807) is 11.8 Å². The number of ketones is 1. The van der Waals surface area contributed by atoms with E-state index in [-0.39, 0.29) is 17.8 Å². The number of fused-ring (bicyclic) bond motifs is 1. The van der Waals surface area contributed by atoms with Crippen LogP contribution in [-0.2, 0) is 11.2 Å². The molecular weight excluding hydrogens is 404 g/mol. The lowest BCUT2D eigenvalue weighted by molar-refractivity contribution is 0.0960. The van der Waals surface area contributed by atoms with E-state index in [1.807, 2.05) is 31.2 Å². The Morgan fingerprint density at radius 3 is 2.50 bits per heavy atom. The number of benzene rings is 1. The SMILES string of the molecule is CCOC(=O)N1CCN(c2nc(C)c3c(n2)C[C@@H](c2ccc(Cl)cc2)CC3=O)CC1. The number of anilines is 1. The maximum Gasteiger partial charge on any atom is 0.409 e. The number of carbonyl (C=O) groups is 2. The number of piperazine rings is 1. The molecule has 1 atom stereocenters. The Morgan fingerprint density at radius 1 is 1.13 bits per heavy atom. The highest BCUT2D eigenvalue weighted by molar-refractivity contribution is 6.30. The van der Waals surface area contributed by atoms with E-state index in [1.165, 1.54) is 0 Å². The number of rotatable bonds is 3. The molecule has 0 saturated carbocycles. The fourth-order valence-corrected chi connectivity index (χ4v) is 4.30. The second-order valence-corrected chi connectivity index (χ2v) is 8.12. The Morgan fingerprint density at radius 2 is 1.83 bits per heavy atom. The predicted molar refractivity (Wildman–Crippen MR) is 114 cm³/mol. The molecule has 30 heavy (non-hydrogen) atoms. The number of aryl methyl sites for hydroxylation is 1. The molecule has 1 amide bonds. The summed E-state index contributed by atoms with van der Waals surface area (Å²) < 4.78 is 5.08. The van der Waals surface area contributed by atoms with Gasteiger partial charge < -0.3 is 14.5 Å². The van der Waals surface area contributed by atoms with Crippen molar-refractivity contribution in [2.24, 2.45) is 0 Å². The van der Waals surface area contributed by atoms with Crippen LogP contribution in [0.2, 0.25) is 5.02 Å². The summed E-state index contributed by atoms with van der Waals surface area (Å²) in [6.45, 7) is 6.43. The van der Waals surface area contributed by atoms with Crippen LogP contribution >= 0.6 is 11.6 Å². The van der Waals surface area contributed by atoms with Crippen molar-refractivity contribution < 1.29 is 14.3 Å². The molecule has 0 bridgehead atoms. The molecule has 8 heteroatoms. The van der Waals surface area contributed by atoms with Crippen LogP contribution < -0.4 is 4.90 Å². The minimum Gasteiger partial charge on any atom is -0.450 e. The van der Waals surface area contributed by atoms with E-state index in [0.29, 0.717) is 62.2 Å². The summed E-state index contributed by atoms with van der Waals surface area (Å²) in [5.41, 5.74) is 3.29. The average molecular weight is 429 g/mol. The second kappa shape index (κ2) is 8.60. The highest BCUT2D eigenvalue weighted by Gasteiger charge is 2.31. The number of hydrogen-bond donors (Lipinski definition) is 0. The van der Waals surface area contributed by atoms with Gasteiger partial charge in [0.05, 0.1) is 23.6 Å². The number of carbonyl (C=O) groups excluding carboxylic acids is 2. The first-order chi connectivity index (χ1) is 14.5. The average Bonchev–Trinajstić information content (AvgIpc) is 2.74. The number of Topliss-reactive ketones (excluding diaryl/α,β-unsaturated/α-hetero) is 1. The van der Waals surface area contributed by atoms with Gasteiger partial charge in [-0.25, -0.2) is 14.8 Å². The number of ether oxygens (including phenoxy) is 1. The lowest BCUT2D eigenvalue weighted by Crippen LogP contribution is -2.49. The molecule has 2 aromatic rings. The Hall–Kier alpha value is -2.67. The molecule has 7 nitrogen and oxygen atoms in total. The van der Waals surface area contributed by atoms with Gasteiger partial charge in [-0.05, 0) is 43.9 Å². The number of nitrogens with zero attached hydrogens (tertiary/aromatic N) is 4. The van der Waals surface area contributed by atoms with Gasteiger partial charge in [-0.1, -0.05) is 23.7 Å². The van der Waals surface area contributed by atoms with Gasteiger partial charge in [-0.3, -0.25) is 4.79 Å². The van der Waals surface area contributed by atoms with E-state index in [9.17, 15) is 9.59 Å². The molecule has 0 radical (unpaired) electrons. The first kappa shape index (κ1) is 20.6. The molecule has 1 saturated heterocycles. The molecule has 0 unspecified atom stereocenters. The molecule has 0 spiro atoms. The van der Waals surface area contributed by atoms with Crippen molar-refractivity contribution >= 4 is 29.4 Å². The van der Waals surface area contributed by atoms with Crippen LogP contribution in [0.1, 0.15) is 46.6 Å². The van der Waals surface area contributed by atoms with Crippen molar-refractivity contribution in [1.29, 1.82) is 0 Å². The Balaban J connectivity index is 1.54. The zero-order chi connectivity index (χ0) is 21.3. The Labute approximate surface area is 181 Å². The van der Waals surface area contributed by atoms with Gasteiger partial charge in [0.25, 0.3) is 0 Å². The number of hydrogen-bond acceptors (Lipinski definition) is 6. The highest BCUT2D eigenvalue weighted by atomic mass is 35.5. The maximum atomic E-state index is 12.8. The normalized spacial score (nSPS) is 18.9. The standard InChI is InChI=1S/C22H25ClN4O3/c1-3-30-22(29)27-10-8-26(9-11-27)21-24-14(2)20-18(25-21)12-16(13-19(20)28)15-4-6-17(23)7-5-15/h4-7,16H,3,8-13H2,1-2H3/t16-/m1/s1. The first-order valence-corrected chi connectivity index (χ1v) is 10.7. The lowest BCUT2D eigenvalue weighted by Gasteiger charge is -2.34. The molecule has 2 aliphatic rings. The van der Waals surface area contributed by atoms with Crippen molar-refractivity contribution in [3.8, 4) is 0 Å². The third-order valence-corrected chi connectivity index (χ3v) is 5.99. The van der Waals surface area contributed by atoms with Crippen molar-refractivity contribution in [3.63, 3.8) is 0 Å². The van der Waals surface area contributed by atoms with E-state index in [4.69, 9.17) is 21.3 Å². The first-order valence-electron chi connectivity index (χ1n) is 10.3. The maximum absolute atomic E-state index is 12.8. The van der Waals surface area contributed by atoms with Gasteiger partial charge in [-0.15, -0.1) is 0 Å². The van der Waals surface area contributed by atoms with E-state index in [0.717, 1.165) is 17.0 Å². The minimum absolute atomic E-state index is 0.0880. The van der Waals surface area contributed by atoms with Crippen molar-refractivity contribution in [2.75, 3.05) is 37.7 Å². The molecule has 1 aromatic heterocycles. The third kappa shape index (κ3) is 4.12. The minimum atomic E-state index is -0.281. The molecule has 1 aliphatic heterocycles. The second-order valence-electron chi connectivity index (χ2n) is 7.68. The lowest BCUT2D eigenvalue weighted by atomic mass is 9.81. The smallest absolute Gasteiger partial charge is 0.409 e. The summed E-state index contributed by atoms with van der Waals surface area (Å²) in [6, 6.07) is 7.68. The molecule has 0 N–H and O–H groups in total. The van der Waals surface area contributed by atoms with Crippen molar-refractivity contribution in [3.05, 3.63) is 51.8 Å². The number of halogens is 1. The summed E-state index contributed by atoms with van der Waals surface area (Å²) in [7, 11) is 0. The fourth-order valence-electron chi connectivity index (χ4n) is 4.17. The van der Waals surface area contributed by atoms with Gasteiger partial charge in [0.1, 0.15) is 0 Å². The van der Waals surface area contributed by atoms with Crippen LogP contribution in [0.25, 0.3) is 0 Å². The van der Waals surface area contributed by atoms with E-state index < -0.39 is 0 Å². The van der Waals surface area contributed by atoms with Gasteiger partial charge >= 0.3 is 6.09 Å². The highest BCUT2D eigenvalue weighted by Crippen LogP contribution is 2.34. The summed E-state index contributed by atoms with van der Waals surface area (Å²) in [6.07, 6.45) is 0.870. The summed E-state index contributed by atoms with van der Waals surface area (Å²) in [5.74, 6) is 0.803. The van der Waals surface area contributed by atoms with Crippen LogP contribution in [-0.4, -0.2) is 59.5 Å². The van der Waals surface area contributed by atoms with E-state index >= 15 is 0 Å². The molecule has 4 rings (SSSR count). The topological polar surface area (TPSA) is 75.6 Å². The van der Waals surface area contributed by atoms with Crippen LogP contribution in [0.4, 0.5) is 10.7 Å². The predicted octanol–water partition coefficient (Wildman–Crippen LogP) is 3.63. The molecule has 2 heterocycles. The number of aromatic nitrogens is 2. The van der Waals surface area contributed by atoms with Gasteiger partial charge in [0.15, 0.2) is 5.78 Å². The molecule has 1 aromatic carbocycles. The molecule has 1 aliphatic carbocycles. The van der Waals surface area contributed by atoms with Crippen LogP contribution in [0.3, 0.4) is 0 Å². The monoisotopic (exact) mass is 428 g/mol. The molecular formula is C22H25ClN4O3. The summed E-state index contributed by atoms with van der Waals surface area (Å²) in [4.78, 5) is 37.9. The van der Waals surface area contributed by atoms with Crippen molar-refractivity contribution in [2.45, 2.75) is 32.6 Å². The summed E-state index contributed by atoms with van der Waals surface area (Å²) in [5, 5.41) is 0.684. The van der Waals surface area contributed by atoms with Crippen LogP contribution in [0.5, 0.6) is 0 Å². The van der Waals surface area contributed by atoms with Crippen molar-refractivity contribution in [1.82, 2.24) is 14.9 Å². The van der Waals surface area contributed by atoms with Gasteiger partial charge in [0.2, 0.25) is 5.95 Å². The number of amides is 1. The largest absolute Gasteiger partial charge is 0.450 e. The molecule has 1 fully saturated rings. The summed E-state index contributed by atoms with van der Waals surface area (Å²) >= 11 is 6.01. The Kier molecular flexibility index (Phi) is 5.90. The molecule has 158 valence electrons. The zero-order valence-corrected chi connectivity index (χ0v) is 18.0.